The van der Waals surface area contributed by atoms with E-state index in [1.807, 2.05) is 0 Å². The van der Waals surface area contributed by atoms with E-state index in [1.54, 1.807) is 26.0 Å². The van der Waals surface area contributed by atoms with Gasteiger partial charge in [-0.15, -0.1) is 6.58 Å². The number of aliphatic carboxylic acids is 1. The third-order valence-corrected chi connectivity index (χ3v) is 1.03. The minimum absolute atomic E-state index is 0.389. The van der Waals surface area contributed by atoms with Gasteiger partial charge in [-0.1, -0.05) is 12.2 Å². The first-order valence-corrected chi connectivity index (χ1v) is 3.50. The van der Waals surface area contributed by atoms with Crippen molar-refractivity contribution in [3.05, 3.63) is 24.3 Å². The molecule has 0 aromatic heterocycles. The molecule has 68 valence electrons. The summed E-state index contributed by atoms with van der Waals surface area (Å²) in [7, 11) is 0. The van der Waals surface area contributed by atoms with E-state index in [1.165, 1.54) is 0 Å². The SMILES string of the molecule is C=CCC=O.CC=C(C)C(=O)O. The van der Waals surface area contributed by atoms with Gasteiger partial charge in [0, 0.05) is 12.0 Å². The molecule has 0 rings (SSSR count). The average Bonchev–Trinajstić information content (AvgIpc) is 2.05. The molecule has 0 aromatic carbocycles. The lowest BCUT2D eigenvalue weighted by Crippen LogP contribution is -1.93. The van der Waals surface area contributed by atoms with Crippen LogP contribution in [0.4, 0.5) is 0 Å². The van der Waals surface area contributed by atoms with Gasteiger partial charge >= 0.3 is 5.97 Å². The molecule has 0 amide bonds. The van der Waals surface area contributed by atoms with Crippen molar-refractivity contribution in [1.82, 2.24) is 0 Å². The van der Waals surface area contributed by atoms with Crippen molar-refractivity contribution in [3.63, 3.8) is 0 Å². The summed E-state index contributed by atoms with van der Waals surface area (Å²) < 4.78 is 0. The molecule has 0 atom stereocenters. The Balaban J connectivity index is 0. The van der Waals surface area contributed by atoms with Crippen molar-refractivity contribution < 1.29 is 14.7 Å². The van der Waals surface area contributed by atoms with E-state index >= 15 is 0 Å². The molecular formula is C9H14O3. The molecule has 0 fully saturated rings. The minimum atomic E-state index is -0.845. The van der Waals surface area contributed by atoms with E-state index in [-0.39, 0.29) is 0 Å². The number of carboxylic acid groups (broad SMARTS) is 1. The maximum atomic E-state index is 9.86. The van der Waals surface area contributed by atoms with Crippen LogP contribution in [0.2, 0.25) is 0 Å². The summed E-state index contributed by atoms with van der Waals surface area (Å²) in [5.41, 5.74) is 0.389. The highest BCUT2D eigenvalue weighted by molar-refractivity contribution is 5.85. The molecule has 0 spiro atoms. The second kappa shape index (κ2) is 9.62. The van der Waals surface area contributed by atoms with Crippen molar-refractivity contribution >= 4 is 12.3 Å². The molecule has 0 bridgehead atoms. The van der Waals surface area contributed by atoms with E-state index in [4.69, 9.17) is 5.11 Å². The highest BCUT2D eigenvalue weighted by Gasteiger charge is 1.93. The number of carbonyl (C=O) groups is 2. The van der Waals surface area contributed by atoms with Crippen LogP contribution in [0.25, 0.3) is 0 Å². The maximum Gasteiger partial charge on any atom is 0.330 e. The normalized spacial score (nSPS) is 9.33. The van der Waals surface area contributed by atoms with Gasteiger partial charge in [-0.25, -0.2) is 4.79 Å². The van der Waals surface area contributed by atoms with Gasteiger partial charge < -0.3 is 9.90 Å². The molecule has 0 radical (unpaired) electrons. The maximum absolute atomic E-state index is 9.86. The van der Waals surface area contributed by atoms with Gasteiger partial charge in [0.05, 0.1) is 0 Å². The molecule has 0 unspecified atom stereocenters. The highest BCUT2D eigenvalue weighted by atomic mass is 16.4. The van der Waals surface area contributed by atoms with Gasteiger partial charge in [-0.2, -0.15) is 0 Å². The first kappa shape index (κ1) is 13.2. The lowest BCUT2D eigenvalue weighted by Gasteiger charge is -1.84. The largest absolute Gasteiger partial charge is 0.478 e. The van der Waals surface area contributed by atoms with Gasteiger partial charge in [0.1, 0.15) is 6.29 Å². The van der Waals surface area contributed by atoms with Gasteiger partial charge in [-0.3, -0.25) is 0 Å². The molecule has 0 saturated carbocycles. The Morgan fingerprint density at radius 1 is 1.58 bits per heavy atom. The van der Waals surface area contributed by atoms with Crippen LogP contribution in [-0.4, -0.2) is 17.4 Å². The molecule has 3 nitrogen and oxygen atoms in total. The molecule has 0 aliphatic heterocycles. The van der Waals surface area contributed by atoms with Crippen LogP contribution in [0.3, 0.4) is 0 Å². The summed E-state index contributed by atoms with van der Waals surface area (Å²) in [5.74, 6) is -0.845. The topological polar surface area (TPSA) is 54.4 Å². The van der Waals surface area contributed by atoms with Crippen LogP contribution in [0.1, 0.15) is 20.3 Å². The van der Waals surface area contributed by atoms with Crippen LogP contribution in [0.5, 0.6) is 0 Å². The smallest absolute Gasteiger partial charge is 0.330 e. The van der Waals surface area contributed by atoms with E-state index in [0.717, 1.165) is 6.29 Å². The second-order valence-corrected chi connectivity index (χ2v) is 1.97. The third kappa shape index (κ3) is 11.4. The van der Waals surface area contributed by atoms with Crippen LogP contribution in [0.15, 0.2) is 24.3 Å². The van der Waals surface area contributed by atoms with Crippen molar-refractivity contribution in [3.8, 4) is 0 Å². The molecule has 0 aliphatic rings. The third-order valence-electron chi connectivity index (χ3n) is 1.03. The lowest BCUT2D eigenvalue weighted by atomic mass is 10.3. The molecular weight excluding hydrogens is 156 g/mol. The predicted octanol–water partition coefficient (Wildman–Crippen LogP) is 1.80. The van der Waals surface area contributed by atoms with Gasteiger partial charge in [0.15, 0.2) is 0 Å². The van der Waals surface area contributed by atoms with E-state index in [0.29, 0.717) is 12.0 Å². The number of hydrogen-bond donors (Lipinski definition) is 1. The minimum Gasteiger partial charge on any atom is -0.478 e. The van der Waals surface area contributed by atoms with Crippen molar-refractivity contribution in [1.29, 1.82) is 0 Å². The van der Waals surface area contributed by atoms with Crippen LogP contribution in [0, 0.1) is 0 Å². The molecule has 0 aromatic rings. The quantitative estimate of drug-likeness (QED) is 0.399. The van der Waals surface area contributed by atoms with Crippen LogP contribution < -0.4 is 0 Å². The number of carboxylic acids is 1. The van der Waals surface area contributed by atoms with Crippen molar-refractivity contribution in [2.75, 3.05) is 0 Å². The van der Waals surface area contributed by atoms with Gasteiger partial charge in [0.2, 0.25) is 0 Å². The summed E-state index contributed by atoms with van der Waals surface area (Å²) in [5, 5.41) is 8.11. The van der Waals surface area contributed by atoms with Gasteiger partial charge in [0.25, 0.3) is 0 Å². The van der Waals surface area contributed by atoms with Crippen LogP contribution >= 0.6 is 0 Å². The summed E-state index contributed by atoms with van der Waals surface area (Å²) >= 11 is 0. The standard InChI is InChI=1S/C5H8O2.C4H6O/c1-3-4(2)5(6)7;1-2-3-4-5/h3H,1-2H3,(H,6,7);2,4H,1,3H2. The predicted molar refractivity (Wildman–Crippen MR) is 47.9 cm³/mol. The zero-order valence-corrected chi connectivity index (χ0v) is 7.41. The zero-order valence-electron chi connectivity index (χ0n) is 7.41. The number of carbonyl (C=O) groups excluding carboxylic acids is 1. The molecule has 1 N–H and O–H groups in total. The van der Waals surface area contributed by atoms with Crippen LogP contribution in [-0.2, 0) is 9.59 Å². The number of allylic oxidation sites excluding steroid dienone is 2. The molecule has 3 heteroatoms. The number of rotatable bonds is 3. The lowest BCUT2D eigenvalue weighted by molar-refractivity contribution is -0.132. The average molecular weight is 170 g/mol. The van der Waals surface area contributed by atoms with E-state index in [9.17, 15) is 9.59 Å². The second-order valence-electron chi connectivity index (χ2n) is 1.97. The summed E-state index contributed by atoms with van der Waals surface area (Å²) in [4.78, 5) is 19.2. The molecule has 0 heterocycles. The molecule has 0 aliphatic carbocycles. The fourth-order valence-electron chi connectivity index (χ4n) is 0.192. The van der Waals surface area contributed by atoms with Crippen molar-refractivity contribution in [2.45, 2.75) is 20.3 Å². The number of hydrogen-bond acceptors (Lipinski definition) is 2. The number of aldehydes is 1. The van der Waals surface area contributed by atoms with E-state index < -0.39 is 5.97 Å². The highest BCUT2D eigenvalue weighted by Crippen LogP contribution is 1.87. The first-order chi connectivity index (χ1) is 5.59. The molecule has 12 heavy (non-hydrogen) atoms. The molecule has 0 saturated heterocycles. The Morgan fingerprint density at radius 3 is 2.08 bits per heavy atom. The van der Waals surface area contributed by atoms with Crippen molar-refractivity contribution in [2.24, 2.45) is 0 Å². The Morgan fingerprint density at radius 2 is 2.08 bits per heavy atom. The Labute approximate surface area is 72.4 Å². The Hall–Kier alpha value is -1.38. The Kier molecular flexibility index (Phi) is 10.6. The summed E-state index contributed by atoms with van der Waals surface area (Å²) in [6.45, 7) is 6.57. The Bertz CT molecular complexity index is 174. The first-order valence-electron chi connectivity index (χ1n) is 3.50. The van der Waals surface area contributed by atoms with Gasteiger partial charge in [-0.05, 0) is 13.8 Å². The summed E-state index contributed by atoms with van der Waals surface area (Å²) in [6, 6.07) is 0. The summed E-state index contributed by atoms with van der Waals surface area (Å²) in [6.07, 6.45) is 4.41. The fourth-order valence-corrected chi connectivity index (χ4v) is 0.192. The van der Waals surface area contributed by atoms with E-state index in [2.05, 4.69) is 6.58 Å². The monoisotopic (exact) mass is 170 g/mol. The fraction of sp³-hybridized carbons (Fsp3) is 0.333. The zero-order chi connectivity index (χ0) is 9.98.